The Bertz CT molecular complexity index is 858. The van der Waals surface area contributed by atoms with Crippen molar-refractivity contribution in [1.29, 1.82) is 0 Å². The SMILES string of the molecule is O=C(NCC1CCN(c2cccnc2)CC1)c1ccc2nsnc2c1. The summed E-state index contributed by atoms with van der Waals surface area (Å²) < 4.78 is 8.35. The second-order valence-electron chi connectivity index (χ2n) is 6.32. The van der Waals surface area contributed by atoms with Gasteiger partial charge in [-0.3, -0.25) is 9.78 Å². The zero-order valence-electron chi connectivity index (χ0n) is 13.8. The lowest BCUT2D eigenvalue weighted by molar-refractivity contribution is 0.0945. The van der Waals surface area contributed by atoms with Gasteiger partial charge < -0.3 is 10.2 Å². The molecular formula is C18H19N5OS. The zero-order valence-corrected chi connectivity index (χ0v) is 14.6. The third kappa shape index (κ3) is 3.61. The van der Waals surface area contributed by atoms with Crippen LogP contribution >= 0.6 is 11.7 Å². The van der Waals surface area contributed by atoms with E-state index in [4.69, 9.17) is 0 Å². The Balaban J connectivity index is 1.29. The number of carbonyl (C=O) groups is 1. The van der Waals surface area contributed by atoms with Gasteiger partial charge in [-0.1, -0.05) is 0 Å². The van der Waals surface area contributed by atoms with E-state index in [1.165, 1.54) is 17.4 Å². The van der Waals surface area contributed by atoms with Crippen molar-refractivity contribution in [1.82, 2.24) is 19.0 Å². The normalized spacial score (nSPS) is 15.4. The standard InChI is InChI=1S/C18H19N5OS/c24-18(14-3-4-16-17(10-14)22-25-21-16)20-11-13-5-8-23(9-6-13)15-2-1-7-19-12-15/h1-4,7,10,12-13H,5-6,8-9,11H2,(H,20,24). The Morgan fingerprint density at radius 2 is 2.04 bits per heavy atom. The number of piperidine rings is 1. The van der Waals surface area contributed by atoms with Crippen molar-refractivity contribution in [2.75, 3.05) is 24.5 Å². The highest BCUT2D eigenvalue weighted by atomic mass is 32.1. The molecule has 1 saturated heterocycles. The lowest BCUT2D eigenvalue weighted by Gasteiger charge is -2.33. The van der Waals surface area contributed by atoms with Gasteiger partial charge >= 0.3 is 0 Å². The molecule has 3 heterocycles. The molecule has 0 spiro atoms. The average Bonchev–Trinajstić information content (AvgIpc) is 3.15. The highest BCUT2D eigenvalue weighted by molar-refractivity contribution is 7.00. The summed E-state index contributed by atoms with van der Waals surface area (Å²) in [4.78, 5) is 18.9. The molecule has 0 aliphatic carbocycles. The summed E-state index contributed by atoms with van der Waals surface area (Å²) >= 11 is 1.17. The maximum absolute atomic E-state index is 12.4. The Labute approximate surface area is 150 Å². The van der Waals surface area contributed by atoms with Gasteiger partial charge in [0.2, 0.25) is 0 Å². The van der Waals surface area contributed by atoms with E-state index in [0.717, 1.165) is 37.0 Å². The molecule has 7 heteroatoms. The number of rotatable bonds is 4. The number of amides is 1. The number of nitrogens with zero attached hydrogens (tertiary/aromatic N) is 4. The van der Waals surface area contributed by atoms with Gasteiger partial charge in [-0.05, 0) is 49.1 Å². The first-order valence-electron chi connectivity index (χ1n) is 8.45. The van der Waals surface area contributed by atoms with Gasteiger partial charge in [-0.2, -0.15) is 8.75 Å². The molecule has 4 rings (SSSR count). The van der Waals surface area contributed by atoms with Crippen LogP contribution in [0, 0.1) is 5.92 Å². The molecular weight excluding hydrogens is 334 g/mol. The molecule has 1 aromatic carbocycles. The predicted molar refractivity (Wildman–Crippen MR) is 98.9 cm³/mol. The van der Waals surface area contributed by atoms with Crippen molar-refractivity contribution >= 4 is 34.4 Å². The van der Waals surface area contributed by atoms with Crippen LogP contribution in [0.5, 0.6) is 0 Å². The Morgan fingerprint density at radius 1 is 1.20 bits per heavy atom. The molecule has 1 aliphatic heterocycles. The fourth-order valence-corrected chi connectivity index (χ4v) is 3.72. The van der Waals surface area contributed by atoms with Crippen LogP contribution in [0.4, 0.5) is 5.69 Å². The maximum atomic E-state index is 12.4. The first-order chi connectivity index (χ1) is 12.3. The van der Waals surface area contributed by atoms with Gasteiger partial charge in [0.1, 0.15) is 11.0 Å². The number of hydrogen-bond donors (Lipinski definition) is 1. The fourth-order valence-electron chi connectivity index (χ4n) is 3.20. The van der Waals surface area contributed by atoms with E-state index in [9.17, 15) is 4.79 Å². The molecule has 1 aliphatic rings. The van der Waals surface area contributed by atoms with Gasteiger partial charge in [-0.25, -0.2) is 0 Å². The van der Waals surface area contributed by atoms with Crippen LogP contribution in [0.1, 0.15) is 23.2 Å². The van der Waals surface area contributed by atoms with Crippen molar-refractivity contribution in [3.05, 3.63) is 48.3 Å². The highest BCUT2D eigenvalue weighted by Crippen LogP contribution is 2.22. The third-order valence-corrected chi connectivity index (χ3v) is 5.25. The van der Waals surface area contributed by atoms with Crippen molar-refractivity contribution in [2.24, 2.45) is 5.92 Å². The first kappa shape index (κ1) is 16.0. The van der Waals surface area contributed by atoms with Crippen LogP contribution in [0.15, 0.2) is 42.7 Å². The fraction of sp³-hybridized carbons (Fsp3) is 0.333. The molecule has 1 N–H and O–H groups in total. The molecule has 0 atom stereocenters. The summed E-state index contributed by atoms with van der Waals surface area (Å²) in [7, 11) is 0. The van der Waals surface area contributed by atoms with Crippen molar-refractivity contribution < 1.29 is 4.79 Å². The molecule has 1 fully saturated rings. The van der Waals surface area contributed by atoms with Crippen molar-refractivity contribution in [2.45, 2.75) is 12.8 Å². The lowest BCUT2D eigenvalue weighted by Crippen LogP contribution is -2.38. The number of fused-ring (bicyclic) bond motifs is 1. The van der Waals surface area contributed by atoms with Crippen LogP contribution < -0.4 is 10.2 Å². The summed E-state index contributed by atoms with van der Waals surface area (Å²) in [6.45, 7) is 2.72. The largest absolute Gasteiger partial charge is 0.370 e. The molecule has 2 aromatic heterocycles. The third-order valence-electron chi connectivity index (χ3n) is 4.69. The summed E-state index contributed by atoms with van der Waals surface area (Å²) in [5, 5.41) is 3.07. The van der Waals surface area contributed by atoms with Gasteiger partial charge in [0.25, 0.3) is 5.91 Å². The first-order valence-corrected chi connectivity index (χ1v) is 9.18. The van der Waals surface area contributed by atoms with Crippen LogP contribution in [0.25, 0.3) is 11.0 Å². The minimum atomic E-state index is -0.0374. The lowest BCUT2D eigenvalue weighted by atomic mass is 9.96. The van der Waals surface area contributed by atoms with Crippen LogP contribution in [0.2, 0.25) is 0 Å². The van der Waals surface area contributed by atoms with Crippen molar-refractivity contribution in [3.8, 4) is 0 Å². The number of anilines is 1. The Hall–Kier alpha value is -2.54. The summed E-state index contributed by atoms with van der Waals surface area (Å²) in [6.07, 6.45) is 5.85. The number of aromatic nitrogens is 3. The predicted octanol–water partition coefficient (Wildman–Crippen LogP) is 2.73. The number of carbonyl (C=O) groups excluding carboxylic acids is 1. The van der Waals surface area contributed by atoms with E-state index in [1.54, 1.807) is 12.3 Å². The van der Waals surface area contributed by atoms with Crippen LogP contribution in [-0.2, 0) is 0 Å². The van der Waals surface area contributed by atoms with Gasteiger partial charge in [-0.15, -0.1) is 0 Å². The van der Waals surface area contributed by atoms with E-state index < -0.39 is 0 Å². The summed E-state index contributed by atoms with van der Waals surface area (Å²) in [6, 6.07) is 9.53. The molecule has 0 radical (unpaired) electrons. The second-order valence-corrected chi connectivity index (χ2v) is 6.85. The number of pyridine rings is 1. The molecule has 3 aromatic rings. The average molecular weight is 353 g/mol. The van der Waals surface area contributed by atoms with E-state index >= 15 is 0 Å². The number of hydrogen-bond acceptors (Lipinski definition) is 6. The van der Waals surface area contributed by atoms with E-state index in [-0.39, 0.29) is 5.91 Å². The Kier molecular flexibility index (Phi) is 4.56. The molecule has 0 saturated carbocycles. The number of benzene rings is 1. The molecule has 128 valence electrons. The van der Waals surface area contributed by atoms with Gasteiger partial charge in [0.05, 0.1) is 23.6 Å². The summed E-state index contributed by atoms with van der Waals surface area (Å²) in [5.41, 5.74) is 3.44. The molecule has 6 nitrogen and oxygen atoms in total. The van der Waals surface area contributed by atoms with Gasteiger partial charge in [0, 0.05) is 31.4 Å². The second kappa shape index (κ2) is 7.14. The minimum Gasteiger partial charge on any atom is -0.370 e. The van der Waals surface area contributed by atoms with Crippen LogP contribution in [0.3, 0.4) is 0 Å². The topological polar surface area (TPSA) is 71.0 Å². The molecule has 0 unspecified atom stereocenters. The highest BCUT2D eigenvalue weighted by Gasteiger charge is 2.20. The maximum Gasteiger partial charge on any atom is 0.251 e. The smallest absolute Gasteiger partial charge is 0.251 e. The monoisotopic (exact) mass is 353 g/mol. The summed E-state index contributed by atoms with van der Waals surface area (Å²) in [5.74, 6) is 0.478. The van der Waals surface area contributed by atoms with Gasteiger partial charge in [0.15, 0.2) is 0 Å². The zero-order chi connectivity index (χ0) is 17.1. The van der Waals surface area contributed by atoms with E-state index in [1.807, 2.05) is 24.4 Å². The molecule has 1 amide bonds. The molecule has 0 bridgehead atoms. The van der Waals surface area contributed by atoms with E-state index in [2.05, 4.69) is 30.0 Å². The van der Waals surface area contributed by atoms with E-state index in [0.29, 0.717) is 18.0 Å². The Morgan fingerprint density at radius 3 is 2.84 bits per heavy atom. The molecule has 25 heavy (non-hydrogen) atoms. The quantitative estimate of drug-likeness (QED) is 0.781. The van der Waals surface area contributed by atoms with Crippen LogP contribution in [-0.4, -0.2) is 39.3 Å². The number of nitrogens with one attached hydrogen (secondary N) is 1. The minimum absolute atomic E-state index is 0.0374. The van der Waals surface area contributed by atoms with Crippen molar-refractivity contribution in [3.63, 3.8) is 0 Å².